The molecule has 132 valence electrons. The number of furan rings is 1. The van der Waals surface area contributed by atoms with Crippen LogP contribution in [-0.4, -0.2) is 59.9 Å². The summed E-state index contributed by atoms with van der Waals surface area (Å²) in [4.78, 5) is 25.5. The largest absolute Gasteiger partial charge is 0.480 e. The number of aryl methyl sites for hydroxylation is 1. The molecule has 1 aromatic heterocycles. The molecular weight excluding hydrogens is 314 g/mol. The molecule has 1 aromatic rings. The minimum absolute atomic E-state index is 0.0657. The summed E-state index contributed by atoms with van der Waals surface area (Å²) in [6, 6.07) is 1.57. The number of nitrogens with zero attached hydrogens (tertiary/aromatic N) is 1. The highest BCUT2D eigenvalue weighted by molar-refractivity contribution is 5.95. The zero-order valence-corrected chi connectivity index (χ0v) is 14.0. The molecule has 0 unspecified atom stereocenters. The fourth-order valence-electron chi connectivity index (χ4n) is 4.01. The van der Waals surface area contributed by atoms with E-state index in [1.54, 1.807) is 20.1 Å². The van der Waals surface area contributed by atoms with Crippen LogP contribution in [0.15, 0.2) is 16.7 Å². The van der Waals surface area contributed by atoms with Gasteiger partial charge in [-0.25, -0.2) is 4.79 Å². The molecule has 24 heavy (non-hydrogen) atoms. The van der Waals surface area contributed by atoms with E-state index in [-0.39, 0.29) is 30.3 Å². The van der Waals surface area contributed by atoms with Gasteiger partial charge in [0.25, 0.3) is 5.91 Å². The van der Waals surface area contributed by atoms with Crippen LogP contribution in [0.4, 0.5) is 0 Å². The molecule has 3 rings (SSSR count). The SMILES string of the molecule is CO[C@@]12CC[C@H](OCC(=O)O)C[C@@H]1N(C(=O)c1ccoc1C)CC2. The Hall–Kier alpha value is -1.86. The highest BCUT2D eigenvalue weighted by atomic mass is 16.5. The number of carbonyl (C=O) groups is 2. The van der Waals surface area contributed by atoms with E-state index in [9.17, 15) is 9.59 Å². The second-order valence-corrected chi connectivity index (χ2v) is 6.52. The van der Waals surface area contributed by atoms with Gasteiger partial charge in [-0.15, -0.1) is 0 Å². The van der Waals surface area contributed by atoms with Gasteiger partial charge in [0.1, 0.15) is 12.4 Å². The number of methoxy groups -OCH3 is 1. The van der Waals surface area contributed by atoms with Crippen LogP contribution in [0.25, 0.3) is 0 Å². The van der Waals surface area contributed by atoms with E-state index in [0.29, 0.717) is 24.3 Å². The molecule has 2 fully saturated rings. The van der Waals surface area contributed by atoms with Crippen molar-refractivity contribution in [3.05, 3.63) is 23.7 Å². The lowest BCUT2D eigenvalue weighted by Crippen LogP contribution is -2.53. The quantitative estimate of drug-likeness (QED) is 0.882. The molecule has 0 bridgehead atoms. The van der Waals surface area contributed by atoms with Crippen molar-refractivity contribution < 1.29 is 28.6 Å². The molecule has 7 nitrogen and oxygen atoms in total. The first kappa shape index (κ1) is 17.0. The smallest absolute Gasteiger partial charge is 0.329 e. The average Bonchev–Trinajstić information content (AvgIpc) is 3.16. The van der Waals surface area contributed by atoms with Crippen LogP contribution in [0.3, 0.4) is 0 Å². The van der Waals surface area contributed by atoms with Crippen molar-refractivity contribution >= 4 is 11.9 Å². The molecule has 2 aliphatic rings. The maximum absolute atomic E-state index is 12.9. The van der Waals surface area contributed by atoms with Gasteiger partial charge < -0.3 is 23.9 Å². The molecule has 1 N–H and O–H groups in total. The number of fused-ring (bicyclic) bond motifs is 1. The molecular formula is C17H23NO6. The second-order valence-electron chi connectivity index (χ2n) is 6.52. The van der Waals surface area contributed by atoms with E-state index in [1.807, 2.05) is 4.90 Å². The van der Waals surface area contributed by atoms with Crippen molar-refractivity contribution in [2.24, 2.45) is 0 Å². The number of hydrogen-bond donors (Lipinski definition) is 1. The first-order valence-electron chi connectivity index (χ1n) is 8.20. The number of aliphatic carboxylic acids is 1. The highest BCUT2D eigenvalue weighted by Gasteiger charge is 2.53. The Morgan fingerprint density at radius 2 is 2.25 bits per heavy atom. The van der Waals surface area contributed by atoms with Gasteiger partial charge in [-0.3, -0.25) is 4.79 Å². The molecule has 7 heteroatoms. The first-order valence-corrected chi connectivity index (χ1v) is 8.20. The van der Waals surface area contributed by atoms with E-state index in [0.717, 1.165) is 19.3 Å². The maximum Gasteiger partial charge on any atom is 0.329 e. The number of hydrogen-bond acceptors (Lipinski definition) is 5. The summed E-state index contributed by atoms with van der Waals surface area (Å²) >= 11 is 0. The van der Waals surface area contributed by atoms with Crippen molar-refractivity contribution in [1.29, 1.82) is 0 Å². The van der Waals surface area contributed by atoms with Crippen molar-refractivity contribution in [1.82, 2.24) is 4.90 Å². The van der Waals surface area contributed by atoms with E-state index in [4.69, 9.17) is 19.0 Å². The first-order chi connectivity index (χ1) is 11.5. The topological polar surface area (TPSA) is 89.2 Å². The third-order valence-electron chi connectivity index (χ3n) is 5.33. The molecule has 0 spiro atoms. The Kier molecular flexibility index (Phi) is 4.64. The van der Waals surface area contributed by atoms with Crippen LogP contribution in [0.2, 0.25) is 0 Å². The molecule has 2 heterocycles. The Balaban J connectivity index is 1.78. The van der Waals surface area contributed by atoms with Gasteiger partial charge in [0.05, 0.1) is 29.6 Å². The number of carbonyl (C=O) groups excluding carboxylic acids is 1. The Morgan fingerprint density at radius 1 is 1.46 bits per heavy atom. The van der Waals surface area contributed by atoms with Gasteiger partial charge in [0.15, 0.2) is 0 Å². The third-order valence-corrected chi connectivity index (χ3v) is 5.33. The van der Waals surface area contributed by atoms with Crippen molar-refractivity contribution in [3.8, 4) is 0 Å². The van der Waals surface area contributed by atoms with Crippen LogP contribution >= 0.6 is 0 Å². The summed E-state index contributed by atoms with van der Waals surface area (Å²) in [5.74, 6) is -0.444. The predicted octanol–water partition coefficient (Wildman–Crippen LogP) is 1.84. The molecule has 1 amide bonds. The summed E-state index contributed by atoms with van der Waals surface area (Å²) in [6.07, 6.45) is 4.21. The predicted molar refractivity (Wildman–Crippen MR) is 83.9 cm³/mol. The molecule has 0 aromatic carbocycles. The van der Waals surface area contributed by atoms with Gasteiger partial charge in [0, 0.05) is 13.7 Å². The van der Waals surface area contributed by atoms with Gasteiger partial charge in [-0.05, 0) is 38.7 Å². The summed E-state index contributed by atoms with van der Waals surface area (Å²) in [6.45, 7) is 2.08. The van der Waals surface area contributed by atoms with Crippen LogP contribution in [-0.2, 0) is 14.3 Å². The Morgan fingerprint density at radius 3 is 2.88 bits per heavy atom. The Labute approximate surface area is 140 Å². The second kappa shape index (κ2) is 6.57. The monoisotopic (exact) mass is 337 g/mol. The van der Waals surface area contributed by atoms with Crippen molar-refractivity contribution in [3.63, 3.8) is 0 Å². The van der Waals surface area contributed by atoms with Crippen LogP contribution in [0.5, 0.6) is 0 Å². The van der Waals surface area contributed by atoms with Crippen LogP contribution < -0.4 is 0 Å². The number of rotatable bonds is 5. The number of amides is 1. The lowest BCUT2D eigenvalue weighted by atomic mass is 9.79. The standard InChI is InChI=1S/C17H23NO6/c1-11-13(4-8-23-11)16(21)18-7-6-17(22-2)5-3-12(9-14(17)18)24-10-15(19)20/h4,8,12,14H,3,5-7,9-10H2,1-2H3,(H,19,20)/t12-,14-,17+/m0/s1. The lowest BCUT2D eigenvalue weighted by Gasteiger charge is -2.43. The lowest BCUT2D eigenvalue weighted by molar-refractivity contribution is -0.148. The molecule has 0 radical (unpaired) electrons. The minimum atomic E-state index is -0.980. The van der Waals surface area contributed by atoms with E-state index in [2.05, 4.69) is 0 Å². The van der Waals surface area contributed by atoms with E-state index in [1.165, 1.54) is 6.26 Å². The molecule has 1 saturated heterocycles. The number of carboxylic acid groups (broad SMARTS) is 1. The van der Waals surface area contributed by atoms with E-state index < -0.39 is 5.97 Å². The van der Waals surface area contributed by atoms with Crippen LogP contribution in [0, 0.1) is 6.92 Å². The van der Waals surface area contributed by atoms with Gasteiger partial charge in [0.2, 0.25) is 0 Å². The molecule has 1 aliphatic carbocycles. The van der Waals surface area contributed by atoms with Crippen molar-refractivity contribution in [2.75, 3.05) is 20.3 Å². The summed E-state index contributed by atoms with van der Waals surface area (Å²) in [5, 5.41) is 8.80. The number of ether oxygens (including phenoxy) is 2. The molecule has 1 aliphatic heterocycles. The van der Waals surface area contributed by atoms with Gasteiger partial charge in [-0.1, -0.05) is 0 Å². The third kappa shape index (κ3) is 2.93. The fraction of sp³-hybridized carbons (Fsp3) is 0.647. The zero-order valence-electron chi connectivity index (χ0n) is 14.0. The number of carboxylic acids is 1. The summed E-state index contributed by atoms with van der Waals surface area (Å²) < 4.78 is 16.5. The normalized spacial score (nSPS) is 29.5. The summed E-state index contributed by atoms with van der Waals surface area (Å²) in [7, 11) is 1.68. The molecule has 1 saturated carbocycles. The number of likely N-dealkylation sites (tertiary alicyclic amines) is 1. The Bertz CT molecular complexity index is 626. The van der Waals surface area contributed by atoms with Crippen LogP contribution in [0.1, 0.15) is 41.8 Å². The van der Waals surface area contributed by atoms with Gasteiger partial charge >= 0.3 is 5.97 Å². The highest BCUT2D eigenvalue weighted by Crippen LogP contribution is 2.43. The maximum atomic E-state index is 12.9. The van der Waals surface area contributed by atoms with E-state index >= 15 is 0 Å². The molecule has 3 atom stereocenters. The minimum Gasteiger partial charge on any atom is -0.480 e. The zero-order chi connectivity index (χ0) is 17.3. The average molecular weight is 337 g/mol. The fourth-order valence-corrected chi connectivity index (χ4v) is 4.01. The summed E-state index contributed by atoms with van der Waals surface area (Å²) in [5.41, 5.74) is 0.201. The van der Waals surface area contributed by atoms with Gasteiger partial charge in [-0.2, -0.15) is 0 Å². The van der Waals surface area contributed by atoms with Crippen molar-refractivity contribution in [2.45, 2.75) is 50.4 Å².